The highest BCUT2D eigenvalue weighted by Gasteiger charge is 2.36. The van der Waals surface area contributed by atoms with Gasteiger partial charge in [0.05, 0.1) is 11.5 Å². The van der Waals surface area contributed by atoms with Gasteiger partial charge in [-0.1, -0.05) is 0 Å². The highest BCUT2D eigenvalue weighted by Crippen LogP contribution is 2.20. The zero-order chi connectivity index (χ0) is 14.8. The summed E-state index contributed by atoms with van der Waals surface area (Å²) in [5.41, 5.74) is 0. The summed E-state index contributed by atoms with van der Waals surface area (Å²) in [4.78, 5) is 24.4. The van der Waals surface area contributed by atoms with E-state index in [9.17, 15) is 18.0 Å². The Kier molecular flexibility index (Phi) is 4.64. The maximum Gasteiger partial charge on any atom is 0.323 e. The number of nitrogens with zero attached hydrogens (tertiary/aromatic N) is 1. The Morgan fingerprint density at radius 1 is 1.30 bits per heavy atom. The number of aliphatic carboxylic acids is 1. The lowest BCUT2D eigenvalue weighted by molar-refractivity contribution is -0.146. The van der Waals surface area contributed by atoms with E-state index in [4.69, 9.17) is 5.11 Å². The summed E-state index contributed by atoms with van der Waals surface area (Å²) < 4.78 is 23.0. The zero-order valence-corrected chi connectivity index (χ0v) is 12.1. The number of sulfone groups is 1. The molecule has 0 spiro atoms. The van der Waals surface area contributed by atoms with E-state index >= 15 is 0 Å². The summed E-state index contributed by atoms with van der Waals surface area (Å²) in [5.74, 6) is -1.47. The van der Waals surface area contributed by atoms with E-state index in [0.717, 1.165) is 19.4 Å². The lowest BCUT2D eigenvalue weighted by Crippen LogP contribution is -2.46. The molecule has 0 radical (unpaired) electrons. The van der Waals surface area contributed by atoms with Crippen LogP contribution in [0.3, 0.4) is 0 Å². The van der Waals surface area contributed by atoms with Crippen LogP contribution in [0.4, 0.5) is 0 Å². The van der Waals surface area contributed by atoms with Gasteiger partial charge in [0.1, 0.15) is 6.54 Å². The predicted octanol–water partition coefficient (Wildman–Crippen LogP) is -0.771. The third-order valence-corrected chi connectivity index (χ3v) is 5.61. The van der Waals surface area contributed by atoms with Gasteiger partial charge in [0.25, 0.3) is 0 Å². The highest BCUT2D eigenvalue weighted by molar-refractivity contribution is 7.91. The molecule has 0 saturated carbocycles. The van der Waals surface area contributed by atoms with Crippen LogP contribution in [0.5, 0.6) is 0 Å². The molecule has 114 valence electrons. The minimum atomic E-state index is -3.14. The summed E-state index contributed by atoms with van der Waals surface area (Å²) in [6, 6.07) is -0.415. The standard InChI is InChI=1S/C12H20N2O5S/c15-11(6-9-2-1-4-13-9)14(7-12(16)17)10-3-5-20(18,19)8-10/h9-10,13H,1-8H2,(H,16,17). The smallest absolute Gasteiger partial charge is 0.323 e. The second-order valence-corrected chi connectivity index (χ2v) is 7.70. The van der Waals surface area contributed by atoms with Gasteiger partial charge in [-0.2, -0.15) is 0 Å². The lowest BCUT2D eigenvalue weighted by atomic mass is 10.1. The van der Waals surface area contributed by atoms with Crippen LogP contribution in [0.15, 0.2) is 0 Å². The van der Waals surface area contributed by atoms with Crippen molar-refractivity contribution in [1.82, 2.24) is 10.2 Å². The Morgan fingerprint density at radius 3 is 2.55 bits per heavy atom. The van der Waals surface area contributed by atoms with Crippen LogP contribution in [-0.2, 0) is 19.4 Å². The molecule has 1 amide bonds. The maximum absolute atomic E-state index is 12.3. The molecule has 2 aliphatic rings. The second kappa shape index (κ2) is 6.09. The molecule has 2 fully saturated rings. The fourth-order valence-corrected chi connectivity index (χ4v) is 4.58. The van der Waals surface area contributed by atoms with Gasteiger partial charge in [0.2, 0.25) is 5.91 Å². The molecule has 2 atom stereocenters. The second-order valence-electron chi connectivity index (χ2n) is 5.47. The van der Waals surface area contributed by atoms with Gasteiger partial charge >= 0.3 is 5.97 Å². The fourth-order valence-electron chi connectivity index (χ4n) is 2.85. The van der Waals surface area contributed by atoms with E-state index < -0.39 is 28.4 Å². The monoisotopic (exact) mass is 304 g/mol. The van der Waals surface area contributed by atoms with E-state index in [1.54, 1.807) is 0 Å². The fraction of sp³-hybridized carbons (Fsp3) is 0.833. The Morgan fingerprint density at radius 2 is 2.05 bits per heavy atom. The Labute approximate surface area is 118 Å². The summed E-state index contributed by atoms with van der Waals surface area (Å²) in [6.07, 6.45) is 2.48. The highest BCUT2D eigenvalue weighted by atomic mass is 32.2. The van der Waals surface area contributed by atoms with Gasteiger partial charge in [0.15, 0.2) is 9.84 Å². The minimum absolute atomic E-state index is 0.0305. The number of carbonyl (C=O) groups excluding carboxylic acids is 1. The molecule has 2 unspecified atom stereocenters. The SMILES string of the molecule is O=C(O)CN(C(=O)CC1CCCN1)C1CCS(=O)(=O)C1. The number of rotatable bonds is 5. The largest absolute Gasteiger partial charge is 0.480 e. The molecule has 2 heterocycles. The van der Waals surface area contributed by atoms with Crippen LogP contribution in [0.1, 0.15) is 25.7 Å². The van der Waals surface area contributed by atoms with Crippen molar-refractivity contribution in [2.75, 3.05) is 24.6 Å². The van der Waals surface area contributed by atoms with Crippen molar-refractivity contribution in [2.24, 2.45) is 0 Å². The third-order valence-electron chi connectivity index (χ3n) is 3.86. The summed E-state index contributed by atoms with van der Waals surface area (Å²) in [7, 11) is -3.14. The van der Waals surface area contributed by atoms with Gasteiger partial charge in [-0.3, -0.25) is 9.59 Å². The average Bonchev–Trinajstić information content (AvgIpc) is 2.95. The number of carboxylic acids is 1. The third kappa shape index (κ3) is 3.92. The Balaban J connectivity index is 2.02. The number of nitrogens with one attached hydrogen (secondary N) is 1. The summed E-state index contributed by atoms with van der Waals surface area (Å²) in [5, 5.41) is 12.1. The molecule has 0 bridgehead atoms. The molecule has 20 heavy (non-hydrogen) atoms. The van der Waals surface area contributed by atoms with Crippen molar-refractivity contribution >= 4 is 21.7 Å². The van der Waals surface area contributed by atoms with Crippen LogP contribution in [0, 0.1) is 0 Å². The molecule has 0 aromatic carbocycles. The molecule has 2 aliphatic heterocycles. The molecule has 2 rings (SSSR count). The number of amides is 1. The minimum Gasteiger partial charge on any atom is -0.480 e. The van der Waals surface area contributed by atoms with Crippen LogP contribution in [0.25, 0.3) is 0 Å². The van der Waals surface area contributed by atoms with Crippen molar-refractivity contribution in [3.63, 3.8) is 0 Å². The van der Waals surface area contributed by atoms with Crippen molar-refractivity contribution in [1.29, 1.82) is 0 Å². The van der Waals surface area contributed by atoms with Crippen LogP contribution in [0.2, 0.25) is 0 Å². The van der Waals surface area contributed by atoms with Crippen molar-refractivity contribution in [2.45, 2.75) is 37.8 Å². The summed E-state index contributed by atoms with van der Waals surface area (Å²) >= 11 is 0. The first-order valence-corrected chi connectivity index (χ1v) is 8.64. The van der Waals surface area contributed by atoms with Crippen molar-refractivity contribution < 1.29 is 23.1 Å². The molecular formula is C12H20N2O5S. The Bertz CT molecular complexity index is 484. The molecule has 0 aromatic heterocycles. The molecule has 8 heteroatoms. The van der Waals surface area contributed by atoms with Crippen molar-refractivity contribution in [3.8, 4) is 0 Å². The van der Waals surface area contributed by atoms with Gasteiger partial charge in [-0.15, -0.1) is 0 Å². The topological polar surface area (TPSA) is 104 Å². The molecule has 2 N–H and O–H groups in total. The summed E-state index contributed by atoms with van der Waals surface area (Å²) in [6.45, 7) is 0.445. The van der Waals surface area contributed by atoms with E-state index in [1.165, 1.54) is 4.90 Å². The Hall–Kier alpha value is -1.15. The van der Waals surface area contributed by atoms with Crippen LogP contribution >= 0.6 is 0 Å². The predicted molar refractivity (Wildman–Crippen MR) is 72.0 cm³/mol. The van der Waals surface area contributed by atoms with Gasteiger partial charge in [-0.05, 0) is 25.8 Å². The quantitative estimate of drug-likeness (QED) is 0.691. The van der Waals surface area contributed by atoms with Crippen LogP contribution in [-0.4, -0.2) is 67.0 Å². The van der Waals surface area contributed by atoms with E-state index in [-0.39, 0.29) is 29.9 Å². The van der Waals surface area contributed by atoms with E-state index in [0.29, 0.717) is 6.42 Å². The first-order chi connectivity index (χ1) is 9.37. The zero-order valence-electron chi connectivity index (χ0n) is 11.2. The van der Waals surface area contributed by atoms with Crippen molar-refractivity contribution in [3.05, 3.63) is 0 Å². The van der Waals surface area contributed by atoms with Gasteiger partial charge < -0.3 is 15.3 Å². The molecule has 0 aliphatic carbocycles. The first kappa shape index (κ1) is 15.2. The number of carboxylic acid groups (broad SMARTS) is 1. The van der Waals surface area contributed by atoms with E-state index in [2.05, 4.69) is 5.32 Å². The normalized spacial score (nSPS) is 28.4. The number of hydrogen-bond acceptors (Lipinski definition) is 5. The lowest BCUT2D eigenvalue weighted by Gasteiger charge is -2.27. The average molecular weight is 304 g/mol. The number of hydrogen-bond donors (Lipinski definition) is 2. The molecular weight excluding hydrogens is 284 g/mol. The first-order valence-electron chi connectivity index (χ1n) is 6.82. The maximum atomic E-state index is 12.3. The van der Waals surface area contributed by atoms with Gasteiger partial charge in [-0.25, -0.2) is 8.42 Å². The van der Waals surface area contributed by atoms with E-state index in [1.807, 2.05) is 0 Å². The number of carbonyl (C=O) groups is 2. The molecule has 7 nitrogen and oxygen atoms in total. The molecule has 0 aromatic rings. The van der Waals surface area contributed by atoms with Crippen LogP contribution < -0.4 is 5.32 Å². The van der Waals surface area contributed by atoms with Gasteiger partial charge in [0, 0.05) is 18.5 Å². The molecule has 2 saturated heterocycles.